The minimum absolute atomic E-state index is 0.101. The predicted molar refractivity (Wildman–Crippen MR) is 90.4 cm³/mol. The van der Waals surface area contributed by atoms with E-state index < -0.39 is 10.0 Å². The summed E-state index contributed by atoms with van der Waals surface area (Å²) in [5.41, 5.74) is 2.37. The van der Waals surface area contributed by atoms with Crippen LogP contribution in [0.4, 0.5) is 0 Å². The number of amides is 1. The molecule has 2 rings (SSSR count). The summed E-state index contributed by atoms with van der Waals surface area (Å²) in [7, 11) is -3.50. The fraction of sp³-hybridized carbons (Fsp3) is 0.250. The third kappa shape index (κ3) is 6.35. The standard InChI is InChI=1S/C16H19N3O4S/c1-13-3-2-4-14(11-13)5-6-16(20)17-8-9-18-24(21,22)12-15-7-10-23-19-15/h2-7,10-11,18H,8-9,12H2,1H3,(H,17,20)/b6-5+. The molecule has 7 nitrogen and oxygen atoms in total. The zero-order chi connectivity index (χ0) is 17.4. The Morgan fingerprint density at radius 3 is 2.83 bits per heavy atom. The Balaban J connectivity index is 1.71. The van der Waals surface area contributed by atoms with Crippen LogP contribution < -0.4 is 10.0 Å². The Morgan fingerprint density at radius 1 is 1.29 bits per heavy atom. The quantitative estimate of drug-likeness (QED) is 0.551. The first-order valence-corrected chi connectivity index (χ1v) is 8.99. The molecular formula is C16H19N3O4S. The number of carbonyl (C=O) groups excluding carboxylic acids is 1. The van der Waals surface area contributed by atoms with Crippen LogP contribution in [0.25, 0.3) is 6.08 Å². The number of hydrogen-bond acceptors (Lipinski definition) is 5. The minimum atomic E-state index is -3.50. The van der Waals surface area contributed by atoms with Gasteiger partial charge in [-0.25, -0.2) is 13.1 Å². The molecule has 0 unspecified atom stereocenters. The third-order valence-corrected chi connectivity index (χ3v) is 4.36. The van der Waals surface area contributed by atoms with E-state index in [0.29, 0.717) is 5.69 Å². The molecule has 1 aromatic carbocycles. The van der Waals surface area contributed by atoms with Crippen LogP contribution in [0.3, 0.4) is 0 Å². The molecule has 0 saturated heterocycles. The number of rotatable bonds is 8. The van der Waals surface area contributed by atoms with Crippen molar-refractivity contribution in [3.63, 3.8) is 0 Å². The zero-order valence-electron chi connectivity index (χ0n) is 13.2. The van der Waals surface area contributed by atoms with Gasteiger partial charge in [0.2, 0.25) is 15.9 Å². The van der Waals surface area contributed by atoms with Gasteiger partial charge in [-0.2, -0.15) is 0 Å². The van der Waals surface area contributed by atoms with E-state index in [1.54, 1.807) is 6.08 Å². The molecule has 1 heterocycles. The molecule has 2 aromatic rings. The number of aromatic nitrogens is 1. The lowest BCUT2D eigenvalue weighted by Gasteiger charge is -2.05. The summed E-state index contributed by atoms with van der Waals surface area (Å²) in [6.45, 7) is 2.27. The monoisotopic (exact) mass is 349 g/mol. The molecule has 8 heteroatoms. The van der Waals surface area contributed by atoms with E-state index >= 15 is 0 Å². The normalized spacial score (nSPS) is 11.7. The average molecular weight is 349 g/mol. The van der Waals surface area contributed by atoms with Crippen molar-refractivity contribution < 1.29 is 17.7 Å². The molecule has 0 atom stereocenters. The van der Waals surface area contributed by atoms with Crippen molar-refractivity contribution in [3.05, 3.63) is 59.5 Å². The van der Waals surface area contributed by atoms with Crippen molar-refractivity contribution >= 4 is 22.0 Å². The molecule has 0 aliphatic heterocycles. The van der Waals surface area contributed by atoms with Gasteiger partial charge in [0.1, 0.15) is 12.0 Å². The average Bonchev–Trinajstić information content (AvgIpc) is 3.02. The second kappa shape index (κ2) is 8.42. The zero-order valence-corrected chi connectivity index (χ0v) is 14.0. The number of benzene rings is 1. The molecule has 2 N–H and O–H groups in total. The molecule has 0 bridgehead atoms. The summed E-state index contributed by atoms with van der Waals surface area (Å²) in [5, 5.41) is 6.16. The summed E-state index contributed by atoms with van der Waals surface area (Å²) in [4.78, 5) is 11.7. The highest BCUT2D eigenvalue weighted by Gasteiger charge is 2.12. The van der Waals surface area contributed by atoms with E-state index in [-0.39, 0.29) is 24.7 Å². The summed E-state index contributed by atoms with van der Waals surface area (Å²) < 4.78 is 30.5. The first kappa shape index (κ1) is 17.9. The first-order valence-electron chi connectivity index (χ1n) is 7.34. The van der Waals surface area contributed by atoms with Gasteiger partial charge in [0.15, 0.2) is 0 Å². The third-order valence-electron chi connectivity index (χ3n) is 3.04. The van der Waals surface area contributed by atoms with Gasteiger partial charge in [0.05, 0.1) is 5.69 Å². The lowest BCUT2D eigenvalue weighted by Crippen LogP contribution is -2.34. The van der Waals surface area contributed by atoms with Crippen LogP contribution in [-0.4, -0.2) is 32.6 Å². The van der Waals surface area contributed by atoms with Gasteiger partial charge in [-0.1, -0.05) is 35.0 Å². The molecule has 1 amide bonds. The molecule has 0 radical (unpaired) electrons. The fourth-order valence-electron chi connectivity index (χ4n) is 1.95. The van der Waals surface area contributed by atoms with Crippen LogP contribution in [0, 0.1) is 6.92 Å². The van der Waals surface area contributed by atoms with Gasteiger partial charge in [-0.15, -0.1) is 0 Å². The van der Waals surface area contributed by atoms with Crippen LogP contribution in [0.15, 0.2) is 47.2 Å². The lowest BCUT2D eigenvalue weighted by atomic mass is 10.1. The molecule has 0 spiro atoms. The van der Waals surface area contributed by atoms with E-state index in [4.69, 9.17) is 0 Å². The molecule has 0 saturated carbocycles. The Hall–Kier alpha value is -2.45. The van der Waals surface area contributed by atoms with Crippen molar-refractivity contribution in [1.29, 1.82) is 0 Å². The lowest BCUT2D eigenvalue weighted by molar-refractivity contribution is -0.116. The van der Waals surface area contributed by atoms with Crippen LogP contribution in [0.2, 0.25) is 0 Å². The van der Waals surface area contributed by atoms with Crippen LogP contribution in [0.5, 0.6) is 0 Å². The number of aryl methyl sites for hydroxylation is 1. The largest absolute Gasteiger partial charge is 0.364 e. The highest BCUT2D eigenvalue weighted by atomic mass is 32.2. The van der Waals surface area contributed by atoms with Crippen LogP contribution in [-0.2, 0) is 20.6 Å². The summed E-state index contributed by atoms with van der Waals surface area (Å²) >= 11 is 0. The second-order valence-corrected chi connectivity index (χ2v) is 6.99. The Kier molecular flexibility index (Phi) is 6.28. The SMILES string of the molecule is Cc1cccc(/C=C/C(=O)NCCNS(=O)(=O)Cc2ccon2)c1. The number of nitrogens with one attached hydrogen (secondary N) is 2. The van der Waals surface area contributed by atoms with Crippen LogP contribution >= 0.6 is 0 Å². The smallest absolute Gasteiger partial charge is 0.244 e. The maximum absolute atomic E-state index is 11.8. The molecule has 0 aliphatic rings. The van der Waals surface area contributed by atoms with E-state index in [1.807, 2.05) is 31.2 Å². The molecule has 0 fully saturated rings. The molecule has 0 aliphatic carbocycles. The van der Waals surface area contributed by atoms with Gasteiger partial charge in [0.25, 0.3) is 0 Å². The van der Waals surface area contributed by atoms with Gasteiger partial charge < -0.3 is 9.84 Å². The second-order valence-electron chi connectivity index (χ2n) is 5.18. The van der Waals surface area contributed by atoms with Crippen molar-refractivity contribution in [3.8, 4) is 0 Å². The van der Waals surface area contributed by atoms with Crippen molar-refractivity contribution in [2.75, 3.05) is 13.1 Å². The highest BCUT2D eigenvalue weighted by molar-refractivity contribution is 7.88. The van der Waals surface area contributed by atoms with Gasteiger partial charge in [-0.05, 0) is 18.6 Å². The first-order chi connectivity index (χ1) is 11.4. The van der Waals surface area contributed by atoms with E-state index in [2.05, 4.69) is 19.7 Å². The van der Waals surface area contributed by atoms with Gasteiger partial charge >= 0.3 is 0 Å². The predicted octanol–water partition coefficient (Wildman–Crippen LogP) is 1.23. The maximum atomic E-state index is 11.8. The molecule has 1 aromatic heterocycles. The Bertz CT molecular complexity index is 798. The van der Waals surface area contributed by atoms with Gasteiger partial charge in [0, 0.05) is 25.2 Å². The topological polar surface area (TPSA) is 101 Å². The van der Waals surface area contributed by atoms with E-state index in [1.165, 1.54) is 18.4 Å². The summed E-state index contributed by atoms with van der Waals surface area (Å²) in [6, 6.07) is 9.23. The minimum Gasteiger partial charge on any atom is -0.364 e. The Morgan fingerprint density at radius 2 is 2.12 bits per heavy atom. The number of sulfonamides is 1. The van der Waals surface area contributed by atoms with Gasteiger partial charge in [-0.3, -0.25) is 4.79 Å². The Labute approximate surface area is 140 Å². The van der Waals surface area contributed by atoms with E-state index in [0.717, 1.165) is 11.1 Å². The van der Waals surface area contributed by atoms with Crippen molar-refractivity contribution in [1.82, 2.24) is 15.2 Å². The van der Waals surface area contributed by atoms with E-state index in [9.17, 15) is 13.2 Å². The van der Waals surface area contributed by atoms with Crippen LogP contribution in [0.1, 0.15) is 16.8 Å². The summed E-state index contributed by atoms with van der Waals surface area (Å²) in [6.07, 6.45) is 4.43. The molecule has 128 valence electrons. The number of hydrogen-bond donors (Lipinski definition) is 2. The van der Waals surface area contributed by atoms with Crippen molar-refractivity contribution in [2.24, 2.45) is 0 Å². The fourth-order valence-corrected chi connectivity index (χ4v) is 3.01. The number of carbonyl (C=O) groups is 1. The van der Waals surface area contributed by atoms with Crippen molar-refractivity contribution in [2.45, 2.75) is 12.7 Å². The maximum Gasteiger partial charge on any atom is 0.244 e. The number of nitrogens with zero attached hydrogens (tertiary/aromatic N) is 1. The highest BCUT2D eigenvalue weighted by Crippen LogP contribution is 2.05. The summed E-state index contributed by atoms with van der Waals surface area (Å²) in [5.74, 6) is -0.544. The molecular weight excluding hydrogens is 330 g/mol. The molecule has 24 heavy (non-hydrogen) atoms.